The van der Waals surface area contributed by atoms with Crippen LogP contribution in [0, 0.1) is 12.3 Å². The van der Waals surface area contributed by atoms with Crippen LogP contribution in [0.2, 0.25) is 0 Å². The molecule has 1 aromatic heterocycles. The third kappa shape index (κ3) is 1.88. The Kier molecular flexibility index (Phi) is 2.75. The van der Waals surface area contributed by atoms with Gasteiger partial charge in [-0.3, -0.25) is 0 Å². The number of benzene rings is 1. The molecule has 0 atom stereocenters. The molecular weight excluding hydrogens is 204 g/mol. The van der Waals surface area contributed by atoms with Crippen molar-refractivity contribution in [3.63, 3.8) is 0 Å². The Bertz CT molecular complexity index is 492. The summed E-state index contributed by atoms with van der Waals surface area (Å²) in [6, 6.07) is 7.97. The van der Waals surface area contributed by atoms with Gasteiger partial charge in [-0.25, -0.2) is 0 Å². The first kappa shape index (κ1) is 9.82. The zero-order valence-electron chi connectivity index (χ0n) is 8.36. The lowest BCUT2D eigenvalue weighted by molar-refractivity contribution is 0.414. The van der Waals surface area contributed by atoms with E-state index >= 15 is 0 Å². The quantitative estimate of drug-likeness (QED) is 0.696. The van der Waals surface area contributed by atoms with Crippen LogP contribution in [-0.2, 0) is 0 Å². The van der Waals surface area contributed by atoms with Crippen LogP contribution in [-0.4, -0.2) is 7.11 Å². The summed E-state index contributed by atoms with van der Waals surface area (Å²) in [6.07, 6.45) is 5.37. The van der Waals surface area contributed by atoms with Crippen LogP contribution >= 0.6 is 11.3 Å². The van der Waals surface area contributed by atoms with Gasteiger partial charge in [0.2, 0.25) is 0 Å². The standard InChI is InChI=1S/C13H10OS/c1-3-10-4-5-11(8-13(10)14-2)12-6-7-15-9-12/h1,4-9H,2H3. The molecule has 15 heavy (non-hydrogen) atoms. The van der Waals surface area contributed by atoms with Crippen LogP contribution in [0.4, 0.5) is 0 Å². The van der Waals surface area contributed by atoms with Gasteiger partial charge in [0.1, 0.15) is 5.75 Å². The summed E-state index contributed by atoms with van der Waals surface area (Å²) >= 11 is 1.68. The Morgan fingerprint density at radius 1 is 1.27 bits per heavy atom. The molecule has 0 aliphatic heterocycles. The van der Waals surface area contributed by atoms with Crippen LogP contribution in [0.15, 0.2) is 35.0 Å². The second kappa shape index (κ2) is 4.20. The Labute approximate surface area is 93.3 Å². The van der Waals surface area contributed by atoms with Gasteiger partial charge >= 0.3 is 0 Å². The van der Waals surface area contributed by atoms with Crippen LogP contribution in [0.1, 0.15) is 5.56 Å². The molecule has 0 aliphatic rings. The molecule has 0 saturated heterocycles. The van der Waals surface area contributed by atoms with Crippen molar-refractivity contribution in [1.82, 2.24) is 0 Å². The molecule has 2 rings (SSSR count). The molecule has 0 amide bonds. The molecule has 2 heteroatoms. The summed E-state index contributed by atoms with van der Waals surface area (Å²) in [5.74, 6) is 3.35. The number of hydrogen-bond acceptors (Lipinski definition) is 2. The Balaban J connectivity index is 2.49. The third-order valence-corrected chi connectivity index (χ3v) is 2.89. The van der Waals surface area contributed by atoms with Gasteiger partial charge in [0.25, 0.3) is 0 Å². The second-order valence-electron chi connectivity index (χ2n) is 3.07. The topological polar surface area (TPSA) is 9.23 Å². The fourth-order valence-electron chi connectivity index (χ4n) is 1.42. The monoisotopic (exact) mass is 214 g/mol. The number of methoxy groups -OCH3 is 1. The molecule has 0 radical (unpaired) electrons. The molecule has 0 fully saturated rings. The highest BCUT2D eigenvalue weighted by atomic mass is 32.1. The highest BCUT2D eigenvalue weighted by Crippen LogP contribution is 2.28. The SMILES string of the molecule is C#Cc1ccc(-c2ccsc2)cc1OC. The second-order valence-corrected chi connectivity index (χ2v) is 3.85. The van der Waals surface area contributed by atoms with E-state index < -0.39 is 0 Å². The van der Waals surface area contributed by atoms with Gasteiger partial charge in [0, 0.05) is 0 Å². The fourth-order valence-corrected chi connectivity index (χ4v) is 2.08. The van der Waals surface area contributed by atoms with E-state index in [1.165, 1.54) is 5.56 Å². The molecule has 0 unspecified atom stereocenters. The van der Waals surface area contributed by atoms with E-state index in [9.17, 15) is 0 Å². The van der Waals surface area contributed by atoms with Gasteiger partial charge in [-0.15, -0.1) is 6.42 Å². The van der Waals surface area contributed by atoms with Crippen molar-refractivity contribution in [2.24, 2.45) is 0 Å². The smallest absolute Gasteiger partial charge is 0.135 e. The van der Waals surface area contributed by atoms with Crippen molar-refractivity contribution in [3.8, 4) is 29.2 Å². The van der Waals surface area contributed by atoms with Crippen molar-refractivity contribution < 1.29 is 4.74 Å². The number of thiophene rings is 1. The Morgan fingerprint density at radius 3 is 2.73 bits per heavy atom. The number of terminal acetylenes is 1. The van der Waals surface area contributed by atoms with Crippen molar-refractivity contribution in [3.05, 3.63) is 40.6 Å². The van der Waals surface area contributed by atoms with E-state index in [0.29, 0.717) is 0 Å². The van der Waals surface area contributed by atoms with E-state index in [4.69, 9.17) is 11.2 Å². The van der Waals surface area contributed by atoms with E-state index in [-0.39, 0.29) is 0 Å². The minimum Gasteiger partial charge on any atom is -0.495 e. The first-order valence-corrected chi connectivity index (χ1v) is 5.46. The molecule has 0 aliphatic carbocycles. The maximum Gasteiger partial charge on any atom is 0.135 e. The third-order valence-electron chi connectivity index (χ3n) is 2.21. The van der Waals surface area contributed by atoms with Gasteiger partial charge in [0.05, 0.1) is 12.7 Å². The maximum absolute atomic E-state index is 5.37. The van der Waals surface area contributed by atoms with Crippen molar-refractivity contribution in [1.29, 1.82) is 0 Å². The van der Waals surface area contributed by atoms with Gasteiger partial charge < -0.3 is 4.74 Å². The largest absolute Gasteiger partial charge is 0.495 e. The number of rotatable bonds is 2. The lowest BCUT2D eigenvalue weighted by Gasteiger charge is -2.05. The molecule has 1 aromatic carbocycles. The molecule has 0 spiro atoms. The molecule has 0 saturated carbocycles. The summed E-state index contributed by atoms with van der Waals surface area (Å²) in [7, 11) is 1.63. The van der Waals surface area contributed by atoms with E-state index in [1.54, 1.807) is 18.4 Å². The molecule has 2 aromatic rings. The lowest BCUT2D eigenvalue weighted by atomic mass is 10.1. The van der Waals surface area contributed by atoms with Gasteiger partial charge in [-0.1, -0.05) is 12.0 Å². The molecule has 0 bridgehead atoms. The van der Waals surface area contributed by atoms with Crippen LogP contribution in [0.5, 0.6) is 5.75 Å². The minimum absolute atomic E-state index is 0.751. The lowest BCUT2D eigenvalue weighted by Crippen LogP contribution is -1.88. The predicted molar refractivity (Wildman–Crippen MR) is 64.2 cm³/mol. The van der Waals surface area contributed by atoms with Crippen molar-refractivity contribution in [2.75, 3.05) is 7.11 Å². The van der Waals surface area contributed by atoms with Crippen LogP contribution in [0.25, 0.3) is 11.1 Å². The first-order chi connectivity index (χ1) is 7.35. The fraction of sp³-hybridized carbons (Fsp3) is 0.0769. The molecule has 74 valence electrons. The Hall–Kier alpha value is -1.72. The highest BCUT2D eigenvalue weighted by molar-refractivity contribution is 7.08. The van der Waals surface area contributed by atoms with Gasteiger partial charge in [-0.05, 0) is 40.1 Å². The van der Waals surface area contributed by atoms with E-state index in [2.05, 4.69) is 22.7 Å². The normalized spacial score (nSPS) is 9.60. The summed E-state index contributed by atoms with van der Waals surface area (Å²) in [6.45, 7) is 0. The zero-order chi connectivity index (χ0) is 10.7. The molecule has 1 heterocycles. The highest BCUT2D eigenvalue weighted by Gasteiger charge is 2.03. The molecular formula is C13H10OS. The predicted octanol–water partition coefficient (Wildman–Crippen LogP) is 3.41. The number of hydrogen-bond donors (Lipinski definition) is 0. The average molecular weight is 214 g/mol. The van der Waals surface area contributed by atoms with Crippen molar-refractivity contribution >= 4 is 11.3 Å². The molecule has 1 nitrogen and oxygen atoms in total. The maximum atomic E-state index is 5.37. The summed E-state index contributed by atoms with van der Waals surface area (Å²) < 4.78 is 5.24. The van der Waals surface area contributed by atoms with Gasteiger partial charge in [-0.2, -0.15) is 11.3 Å². The summed E-state index contributed by atoms with van der Waals surface area (Å²) in [5, 5.41) is 4.15. The van der Waals surface area contributed by atoms with Crippen LogP contribution in [0.3, 0.4) is 0 Å². The first-order valence-electron chi connectivity index (χ1n) is 4.52. The average Bonchev–Trinajstić information content (AvgIpc) is 2.81. The van der Waals surface area contributed by atoms with Crippen LogP contribution < -0.4 is 4.74 Å². The molecule has 0 N–H and O–H groups in total. The summed E-state index contributed by atoms with van der Waals surface area (Å²) in [4.78, 5) is 0. The minimum atomic E-state index is 0.751. The van der Waals surface area contributed by atoms with Crippen molar-refractivity contribution in [2.45, 2.75) is 0 Å². The summed E-state index contributed by atoms with van der Waals surface area (Å²) in [5.41, 5.74) is 3.12. The zero-order valence-corrected chi connectivity index (χ0v) is 9.17. The Morgan fingerprint density at radius 2 is 2.13 bits per heavy atom. The van der Waals surface area contributed by atoms with E-state index in [1.807, 2.05) is 18.2 Å². The van der Waals surface area contributed by atoms with Gasteiger partial charge in [0.15, 0.2) is 0 Å². The van der Waals surface area contributed by atoms with E-state index in [0.717, 1.165) is 16.9 Å². The number of ether oxygens (including phenoxy) is 1.